The van der Waals surface area contributed by atoms with Crippen LogP contribution >= 0.6 is 11.8 Å². The van der Waals surface area contributed by atoms with E-state index in [-0.39, 0.29) is 11.9 Å². The van der Waals surface area contributed by atoms with Crippen LogP contribution in [0.1, 0.15) is 31.4 Å². The monoisotopic (exact) mass is 252 g/mol. The highest BCUT2D eigenvalue weighted by Crippen LogP contribution is 2.18. The lowest BCUT2D eigenvalue weighted by Crippen LogP contribution is -2.26. The molecule has 0 fully saturated rings. The Labute approximate surface area is 107 Å². The van der Waals surface area contributed by atoms with Crippen LogP contribution in [-0.4, -0.2) is 18.7 Å². The van der Waals surface area contributed by atoms with E-state index >= 15 is 0 Å². The number of nitrogens with two attached hydrogens (primary N) is 1. The summed E-state index contributed by atoms with van der Waals surface area (Å²) in [5.74, 6) is 0.0666. The van der Waals surface area contributed by atoms with Crippen molar-refractivity contribution >= 4 is 17.7 Å². The molecule has 1 unspecified atom stereocenters. The van der Waals surface area contributed by atoms with Crippen molar-refractivity contribution in [2.24, 2.45) is 5.73 Å². The lowest BCUT2D eigenvalue weighted by molar-refractivity contribution is -0.121. The van der Waals surface area contributed by atoms with Gasteiger partial charge in [-0.2, -0.15) is 0 Å². The fourth-order valence-corrected chi connectivity index (χ4v) is 1.96. The fourth-order valence-electron chi connectivity index (χ4n) is 1.55. The van der Waals surface area contributed by atoms with Crippen LogP contribution < -0.4 is 11.1 Å². The average molecular weight is 252 g/mol. The van der Waals surface area contributed by atoms with Gasteiger partial charge in [0.15, 0.2) is 0 Å². The van der Waals surface area contributed by atoms with Crippen molar-refractivity contribution in [1.82, 2.24) is 5.32 Å². The van der Waals surface area contributed by atoms with Gasteiger partial charge in [0.1, 0.15) is 0 Å². The number of nitrogens with one attached hydrogen (secondary N) is 1. The van der Waals surface area contributed by atoms with Gasteiger partial charge in [-0.25, -0.2) is 0 Å². The van der Waals surface area contributed by atoms with E-state index in [0.717, 1.165) is 12.0 Å². The third-order valence-electron chi connectivity index (χ3n) is 2.60. The minimum atomic E-state index is 0.0520. The second-order valence-corrected chi connectivity index (χ2v) is 4.83. The zero-order valence-corrected chi connectivity index (χ0v) is 11.2. The molecule has 0 heterocycles. The summed E-state index contributed by atoms with van der Waals surface area (Å²) in [6.45, 7) is 2.55. The summed E-state index contributed by atoms with van der Waals surface area (Å²) in [5.41, 5.74) is 6.50. The van der Waals surface area contributed by atoms with Gasteiger partial charge in [0.2, 0.25) is 5.91 Å². The Bertz CT molecular complexity index is 351. The summed E-state index contributed by atoms with van der Waals surface area (Å²) in [5, 5.41) is 2.97. The van der Waals surface area contributed by atoms with E-state index in [1.807, 2.05) is 13.2 Å². The normalized spacial score (nSPS) is 12.2. The molecular weight excluding hydrogens is 232 g/mol. The molecule has 17 heavy (non-hydrogen) atoms. The molecule has 0 saturated carbocycles. The molecule has 0 radical (unpaired) electrons. The van der Waals surface area contributed by atoms with E-state index in [1.54, 1.807) is 11.8 Å². The van der Waals surface area contributed by atoms with Crippen LogP contribution in [0.2, 0.25) is 0 Å². The molecular formula is C13H20N2OS. The molecule has 0 aliphatic heterocycles. The Balaban J connectivity index is 2.51. The molecule has 1 aromatic carbocycles. The number of hydrogen-bond donors (Lipinski definition) is 2. The number of thioether (sulfide) groups is 1. The maximum Gasteiger partial charge on any atom is 0.220 e. The zero-order valence-electron chi connectivity index (χ0n) is 10.4. The summed E-state index contributed by atoms with van der Waals surface area (Å²) in [6, 6.07) is 8.31. The van der Waals surface area contributed by atoms with Crippen molar-refractivity contribution in [3.63, 3.8) is 0 Å². The van der Waals surface area contributed by atoms with Crippen molar-refractivity contribution in [3.8, 4) is 0 Å². The summed E-state index contributed by atoms with van der Waals surface area (Å²) in [6.07, 6.45) is 3.29. The van der Waals surface area contributed by atoms with E-state index < -0.39 is 0 Å². The molecule has 0 saturated heterocycles. The van der Waals surface area contributed by atoms with Crippen LogP contribution in [0.15, 0.2) is 29.2 Å². The third kappa shape index (κ3) is 4.79. The van der Waals surface area contributed by atoms with Gasteiger partial charge < -0.3 is 11.1 Å². The average Bonchev–Trinajstić information content (AvgIpc) is 2.36. The van der Waals surface area contributed by atoms with E-state index in [2.05, 4.69) is 29.6 Å². The number of carbonyl (C=O) groups excluding carboxylic acids is 1. The molecule has 1 atom stereocenters. The molecule has 0 aliphatic rings. The first-order chi connectivity index (χ1) is 8.17. The molecule has 0 bridgehead atoms. The topological polar surface area (TPSA) is 55.1 Å². The van der Waals surface area contributed by atoms with Gasteiger partial charge in [-0.15, -0.1) is 11.8 Å². The van der Waals surface area contributed by atoms with Crippen LogP contribution in [0.25, 0.3) is 0 Å². The zero-order chi connectivity index (χ0) is 12.7. The molecule has 1 amide bonds. The van der Waals surface area contributed by atoms with Crippen molar-refractivity contribution in [2.45, 2.75) is 30.7 Å². The number of carbonyl (C=O) groups is 1. The predicted octanol–water partition coefficient (Wildman–Crippen LogP) is 2.32. The second kappa shape index (κ2) is 7.35. The van der Waals surface area contributed by atoms with Gasteiger partial charge >= 0.3 is 0 Å². The first-order valence-electron chi connectivity index (χ1n) is 5.80. The van der Waals surface area contributed by atoms with Crippen LogP contribution in [0.4, 0.5) is 0 Å². The van der Waals surface area contributed by atoms with Gasteiger partial charge in [0.25, 0.3) is 0 Å². The van der Waals surface area contributed by atoms with Crippen molar-refractivity contribution in [2.75, 3.05) is 12.8 Å². The van der Waals surface area contributed by atoms with E-state index in [0.29, 0.717) is 13.0 Å². The maximum absolute atomic E-state index is 11.5. The number of rotatable bonds is 6. The van der Waals surface area contributed by atoms with Gasteiger partial charge in [-0.3, -0.25) is 4.79 Å². The SMILES string of the molecule is CSc1ccc(C(C)NC(=O)CCCN)cc1. The maximum atomic E-state index is 11.5. The lowest BCUT2D eigenvalue weighted by Gasteiger charge is -2.14. The molecule has 3 N–H and O–H groups in total. The largest absolute Gasteiger partial charge is 0.350 e. The molecule has 3 nitrogen and oxygen atoms in total. The first kappa shape index (κ1) is 14.1. The quantitative estimate of drug-likeness (QED) is 0.764. The van der Waals surface area contributed by atoms with Gasteiger partial charge in [-0.05, 0) is 43.8 Å². The molecule has 4 heteroatoms. The first-order valence-corrected chi connectivity index (χ1v) is 7.03. The number of amides is 1. The highest BCUT2D eigenvalue weighted by atomic mass is 32.2. The second-order valence-electron chi connectivity index (χ2n) is 3.95. The lowest BCUT2D eigenvalue weighted by atomic mass is 10.1. The van der Waals surface area contributed by atoms with Crippen LogP contribution in [0.5, 0.6) is 0 Å². The molecule has 1 rings (SSSR count). The number of hydrogen-bond acceptors (Lipinski definition) is 3. The van der Waals surface area contributed by atoms with Crippen LogP contribution in [0.3, 0.4) is 0 Å². The standard InChI is InChI=1S/C13H20N2OS/c1-10(15-13(16)4-3-9-14)11-5-7-12(17-2)8-6-11/h5-8,10H,3-4,9,14H2,1-2H3,(H,15,16). The third-order valence-corrected chi connectivity index (χ3v) is 3.34. The number of benzene rings is 1. The van der Waals surface area contributed by atoms with Crippen molar-refractivity contribution in [1.29, 1.82) is 0 Å². The van der Waals surface area contributed by atoms with Gasteiger partial charge in [0, 0.05) is 11.3 Å². The Morgan fingerprint density at radius 2 is 2.06 bits per heavy atom. The summed E-state index contributed by atoms with van der Waals surface area (Å²) in [7, 11) is 0. The highest BCUT2D eigenvalue weighted by Gasteiger charge is 2.08. The van der Waals surface area contributed by atoms with Crippen molar-refractivity contribution < 1.29 is 4.79 Å². The van der Waals surface area contributed by atoms with Crippen LogP contribution in [-0.2, 0) is 4.79 Å². The Kier molecular flexibility index (Phi) is 6.08. The predicted molar refractivity (Wildman–Crippen MR) is 73.1 cm³/mol. The van der Waals surface area contributed by atoms with Gasteiger partial charge in [-0.1, -0.05) is 12.1 Å². The molecule has 94 valence electrons. The molecule has 0 aliphatic carbocycles. The summed E-state index contributed by atoms with van der Waals surface area (Å²) >= 11 is 1.71. The molecule has 0 spiro atoms. The van der Waals surface area contributed by atoms with Crippen LogP contribution in [0, 0.1) is 0 Å². The van der Waals surface area contributed by atoms with Gasteiger partial charge in [0.05, 0.1) is 6.04 Å². The van der Waals surface area contributed by atoms with E-state index in [1.165, 1.54) is 4.90 Å². The fraction of sp³-hybridized carbons (Fsp3) is 0.462. The minimum absolute atomic E-state index is 0.0520. The molecule has 0 aromatic heterocycles. The van der Waals surface area contributed by atoms with E-state index in [9.17, 15) is 4.79 Å². The minimum Gasteiger partial charge on any atom is -0.350 e. The Morgan fingerprint density at radius 3 is 2.59 bits per heavy atom. The highest BCUT2D eigenvalue weighted by molar-refractivity contribution is 7.98. The van der Waals surface area contributed by atoms with Crippen molar-refractivity contribution in [3.05, 3.63) is 29.8 Å². The molecule has 1 aromatic rings. The Morgan fingerprint density at radius 1 is 1.41 bits per heavy atom. The Hall–Kier alpha value is -1.00. The summed E-state index contributed by atoms with van der Waals surface area (Å²) < 4.78 is 0. The smallest absolute Gasteiger partial charge is 0.220 e. The van der Waals surface area contributed by atoms with E-state index in [4.69, 9.17) is 5.73 Å². The summed E-state index contributed by atoms with van der Waals surface area (Å²) in [4.78, 5) is 12.8.